The lowest BCUT2D eigenvalue weighted by Crippen LogP contribution is -2.09. The van der Waals surface area contributed by atoms with Crippen LogP contribution in [0.5, 0.6) is 11.6 Å². The van der Waals surface area contributed by atoms with Crippen molar-refractivity contribution in [2.24, 2.45) is 11.8 Å². The molecule has 0 fully saturated rings. The van der Waals surface area contributed by atoms with Crippen molar-refractivity contribution in [1.29, 1.82) is 0 Å². The number of aromatic nitrogens is 3. The molecule has 34 heavy (non-hydrogen) atoms. The molecule has 2 radical (unpaired) electrons. The molecule has 0 amide bonds. The van der Waals surface area contributed by atoms with Gasteiger partial charge in [-0.25, -0.2) is 4.98 Å². The van der Waals surface area contributed by atoms with Crippen LogP contribution in [0.3, 0.4) is 0 Å². The van der Waals surface area contributed by atoms with Crippen LogP contribution in [0.1, 0.15) is 98.3 Å². The van der Waals surface area contributed by atoms with E-state index in [2.05, 4.69) is 42.6 Å². The maximum absolute atomic E-state index is 5.94. The summed E-state index contributed by atoms with van der Waals surface area (Å²) < 4.78 is 11.8. The smallest absolute Gasteiger partial charge is 0.313 e. The van der Waals surface area contributed by atoms with Gasteiger partial charge in [-0.05, 0) is 36.4 Å². The molecule has 188 valence electrons. The van der Waals surface area contributed by atoms with E-state index < -0.39 is 0 Å². The topological polar surface area (TPSA) is 57.1 Å². The van der Waals surface area contributed by atoms with Crippen molar-refractivity contribution in [2.75, 3.05) is 6.61 Å². The molecule has 0 spiro atoms. The molecule has 2 aromatic rings. The molecule has 0 saturated heterocycles. The van der Waals surface area contributed by atoms with E-state index in [0.29, 0.717) is 21.6 Å². The number of unbranched alkanes of at least 4 members (excludes halogenated alkanes) is 6. The molecule has 2 rings (SSSR count). The Balaban J connectivity index is 1.71. The largest absolute Gasteiger partial charge is 0.527 e. The summed E-state index contributed by atoms with van der Waals surface area (Å²) in [6.45, 7) is 9.96. The number of rotatable bonds is 19. The van der Waals surface area contributed by atoms with Crippen LogP contribution < -0.4 is 9.16 Å². The second-order valence-electron chi connectivity index (χ2n) is 9.62. The van der Waals surface area contributed by atoms with Crippen molar-refractivity contribution >= 4 is 9.76 Å². The van der Waals surface area contributed by atoms with Gasteiger partial charge < -0.3 is 9.16 Å². The predicted molar refractivity (Wildman–Crippen MR) is 142 cm³/mol. The first-order valence-electron chi connectivity index (χ1n) is 13.4. The number of hydrogen-bond donors (Lipinski definition) is 0. The molecule has 6 heteroatoms. The Kier molecular flexibility index (Phi) is 14.5. The zero-order chi connectivity index (χ0) is 24.4. The fraction of sp³-hybridized carbons (Fsp3) is 0.679. The van der Waals surface area contributed by atoms with Crippen molar-refractivity contribution in [3.63, 3.8) is 0 Å². The lowest BCUT2D eigenvalue weighted by Gasteiger charge is -2.15. The first-order valence-corrected chi connectivity index (χ1v) is 14.5. The monoisotopic (exact) mass is 483 g/mol. The van der Waals surface area contributed by atoms with Gasteiger partial charge >= 0.3 is 9.76 Å². The lowest BCUT2D eigenvalue weighted by molar-refractivity contribution is 0.303. The Hall–Kier alpha value is -1.95. The first kappa shape index (κ1) is 28.3. The van der Waals surface area contributed by atoms with Crippen molar-refractivity contribution in [3.05, 3.63) is 30.7 Å². The van der Waals surface area contributed by atoms with Gasteiger partial charge in [0.25, 0.3) is 0 Å². The van der Waals surface area contributed by atoms with E-state index in [-0.39, 0.29) is 0 Å². The molecular formula is C28H45N3O2Si. The molecule has 0 saturated carbocycles. The lowest BCUT2D eigenvalue weighted by atomic mass is 9.95. The summed E-state index contributed by atoms with van der Waals surface area (Å²) >= 11 is 0. The van der Waals surface area contributed by atoms with Crippen molar-refractivity contribution in [1.82, 2.24) is 15.0 Å². The number of nitrogens with zero attached hydrogens (tertiary/aromatic N) is 3. The summed E-state index contributed by atoms with van der Waals surface area (Å²) in [5.41, 5.74) is 1.50. The highest BCUT2D eigenvalue weighted by atomic mass is 28.2. The summed E-state index contributed by atoms with van der Waals surface area (Å²) in [6.07, 6.45) is 19.3. The summed E-state index contributed by atoms with van der Waals surface area (Å²) in [5.74, 6) is 2.87. The van der Waals surface area contributed by atoms with E-state index in [1.165, 1.54) is 64.2 Å². The molecule has 2 heterocycles. The second-order valence-corrected chi connectivity index (χ2v) is 10.5. The van der Waals surface area contributed by atoms with E-state index in [9.17, 15) is 0 Å². The second kappa shape index (κ2) is 17.5. The molecule has 0 bridgehead atoms. The van der Waals surface area contributed by atoms with Gasteiger partial charge in [-0.3, -0.25) is 9.97 Å². The molecular weight excluding hydrogens is 438 g/mol. The van der Waals surface area contributed by atoms with Gasteiger partial charge in [0, 0.05) is 0 Å². The van der Waals surface area contributed by atoms with Crippen molar-refractivity contribution in [3.8, 4) is 23.0 Å². The van der Waals surface area contributed by atoms with Crippen LogP contribution in [-0.2, 0) is 0 Å². The predicted octanol–water partition coefficient (Wildman–Crippen LogP) is 7.94. The highest BCUT2D eigenvalue weighted by Crippen LogP contribution is 2.21. The van der Waals surface area contributed by atoms with Gasteiger partial charge in [0.05, 0.1) is 30.9 Å². The summed E-state index contributed by atoms with van der Waals surface area (Å²) in [4.78, 5) is 13.4. The highest BCUT2D eigenvalue weighted by Gasteiger charge is 2.10. The van der Waals surface area contributed by atoms with Crippen LogP contribution in [0.2, 0.25) is 6.04 Å². The Bertz CT molecular complexity index is 773. The maximum atomic E-state index is 5.94. The van der Waals surface area contributed by atoms with Crippen molar-refractivity contribution in [2.45, 2.75) is 104 Å². The van der Waals surface area contributed by atoms with Crippen LogP contribution in [0.15, 0.2) is 30.7 Å². The van der Waals surface area contributed by atoms with E-state index in [4.69, 9.17) is 9.16 Å². The Morgan fingerprint density at radius 1 is 0.794 bits per heavy atom. The molecule has 0 aliphatic rings. The quantitative estimate of drug-likeness (QED) is 0.150. The van der Waals surface area contributed by atoms with E-state index >= 15 is 0 Å². The van der Waals surface area contributed by atoms with E-state index in [1.54, 1.807) is 18.6 Å². The third-order valence-electron chi connectivity index (χ3n) is 6.19. The zero-order valence-corrected chi connectivity index (χ0v) is 22.9. The van der Waals surface area contributed by atoms with Crippen LogP contribution in [0.25, 0.3) is 11.4 Å². The van der Waals surface area contributed by atoms with Crippen LogP contribution in [-0.4, -0.2) is 31.3 Å². The summed E-state index contributed by atoms with van der Waals surface area (Å²) in [7, 11) is 0.402. The van der Waals surface area contributed by atoms with Gasteiger partial charge in [-0.1, -0.05) is 91.9 Å². The molecule has 0 aromatic carbocycles. The Labute approximate surface area is 210 Å². The summed E-state index contributed by atoms with van der Waals surface area (Å²) in [5, 5.41) is 0. The molecule has 2 atom stereocenters. The molecule has 0 aliphatic carbocycles. The maximum Gasteiger partial charge on any atom is 0.313 e. The van der Waals surface area contributed by atoms with Crippen molar-refractivity contribution < 1.29 is 9.16 Å². The zero-order valence-electron chi connectivity index (χ0n) is 21.9. The van der Waals surface area contributed by atoms with Gasteiger partial charge in [-0.15, -0.1) is 0 Å². The van der Waals surface area contributed by atoms with Gasteiger partial charge in [-0.2, -0.15) is 0 Å². The van der Waals surface area contributed by atoms with Gasteiger partial charge in [0.1, 0.15) is 11.4 Å². The Morgan fingerprint density at radius 3 is 2.32 bits per heavy atom. The number of hydrogen-bond acceptors (Lipinski definition) is 5. The molecule has 5 nitrogen and oxygen atoms in total. The minimum atomic E-state index is 0.402. The molecule has 0 aliphatic heterocycles. The fourth-order valence-corrected chi connectivity index (χ4v) is 4.65. The molecule has 0 N–H and O–H groups in total. The first-order chi connectivity index (χ1) is 16.6. The third-order valence-corrected chi connectivity index (χ3v) is 7.41. The SMILES string of the molecule is CCCCCCCCOc1ccc(-c2cncc(O[Si]CC(C)CCC(C)CCCC)n2)nc1. The minimum absolute atomic E-state index is 0.402. The number of pyridine rings is 1. The van der Waals surface area contributed by atoms with Crippen LogP contribution in [0.4, 0.5) is 0 Å². The van der Waals surface area contributed by atoms with Crippen LogP contribution >= 0.6 is 0 Å². The minimum Gasteiger partial charge on any atom is -0.527 e. The number of ether oxygens (including phenoxy) is 1. The van der Waals surface area contributed by atoms with E-state index in [0.717, 1.165) is 42.1 Å². The molecule has 2 aromatic heterocycles. The average molecular weight is 484 g/mol. The normalized spacial score (nSPS) is 12.9. The third kappa shape index (κ3) is 12.0. The average Bonchev–Trinajstić information content (AvgIpc) is 2.86. The van der Waals surface area contributed by atoms with Gasteiger partial charge in [0.2, 0.25) is 5.88 Å². The van der Waals surface area contributed by atoms with E-state index in [1.807, 2.05) is 12.1 Å². The fourth-order valence-electron chi connectivity index (χ4n) is 3.84. The Morgan fingerprint density at radius 2 is 1.56 bits per heavy atom. The highest BCUT2D eigenvalue weighted by molar-refractivity contribution is 6.28. The van der Waals surface area contributed by atoms with Crippen LogP contribution in [0, 0.1) is 11.8 Å². The molecule has 2 unspecified atom stereocenters. The standard InChI is InChI=1S/C28H45N3O2Si/c1-5-7-9-10-11-12-18-32-25-16-17-26(30-19-25)27-20-29-21-28(31-27)33-34-22-24(4)15-14-23(3)13-8-6-2/h16-17,19-21,23-24H,5-15,18,22H2,1-4H3. The summed E-state index contributed by atoms with van der Waals surface area (Å²) in [6, 6.07) is 4.96. The van der Waals surface area contributed by atoms with Gasteiger partial charge in [0.15, 0.2) is 0 Å².